The lowest BCUT2D eigenvalue weighted by atomic mass is 9.94. The minimum absolute atomic E-state index is 0.197. The molecule has 3 heteroatoms. The van der Waals surface area contributed by atoms with Crippen molar-refractivity contribution in [2.24, 2.45) is 5.73 Å². The zero-order valence-corrected chi connectivity index (χ0v) is 10.5. The lowest BCUT2D eigenvalue weighted by molar-refractivity contribution is 0.538. The molecule has 0 aliphatic carbocycles. The topological polar surface area (TPSA) is 38.9 Å². The van der Waals surface area contributed by atoms with Gasteiger partial charge in [0.15, 0.2) is 0 Å². The van der Waals surface area contributed by atoms with E-state index >= 15 is 0 Å². The first-order valence-corrected chi connectivity index (χ1v) is 5.73. The first-order valence-electron chi connectivity index (χ1n) is 4.93. The van der Waals surface area contributed by atoms with E-state index in [1.807, 2.05) is 6.20 Å². The Labute approximate surface area is 94.0 Å². The van der Waals surface area contributed by atoms with Crippen LogP contribution in [0.25, 0.3) is 0 Å². The second kappa shape index (κ2) is 4.89. The summed E-state index contributed by atoms with van der Waals surface area (Å²) >= 11 is 3.41. The van der Waals surface area contributed by atoms with Crippen LogP contribution in [-0.4, -0.2) is 11.0 Å². The van der Waals surface area contributed by atoms with Gasteiger partial charge in [-0.1, -0.05) is 13.8 Å². The molecule has 0 aliphatic rings. The molecule has 0 bridgehead atoms. The zero-order valence-electron chi connectivity index (χ0n) is 8.92. The number of hydrogen-bond acceptors (Lipinski definition) is 2. The molecule has 0 aromatic carbocycles. The molecule has 1 heterocycles. The molecule has 2 nitrogen and oxygen atoms in total. The third-order valence-electron chi connectivity index (χ3n) is 2.63. The van der Waals surface area contributed by atoms with Crippen molar-refractivity contribution < 1.29 is 0 Å². The highest BCUT2D eigenvalue weighted by Gasteiger charge is 2.16. The van der Waals surface area contributed by atoms with E-state index in [9.17, 15) is 0 Å². The van der Waals surface area contributed by atoms with Gasteiger partial charge in [0.1, 0.15) is 0 Å². The predicted octanol–water partition coefficient (Wildman–Crippen LogP) is 2.99. The van der Waals surface area contributed by atoms with Crippen molar-refractivity contribution in [2.75, 3.05) is 0 Å². The summed E-state index contributed by atoms with van der Waals surface area (Å²) in [7, 11) is 0. The van der Waals surface area contributed by atoms with Crippen molar-refractivity contribution in [3.05, 3.63) is 28.0 Å². The van der Waals surface area contributed by atoms with Gasteiger partial charge in [-0.05, 0) is 40.9 Å². The number of hydrogen-bond donors (Lipinski definition) is 1. The minimum Gasteiger partial charge on any atom is -0.327 e. The van der Waals surface area contributed by atoms with Gasteiger partial charge in [-0.25, -0.2) is 0 Å². The molecule has 0 spiro atoms. The van der Waals surface area contributed by atoms with Crippen LogP contribution in [0.3, 0.4) is 0 Å². The Kier molecular flexibility index (Phi) is 4.08. The highest BCUT2D eigenvalue weighted by Crippen LogP contribution is 2.23. The molecule has 0 saturated carbocycles. The molecule has 0 amide bonds. The Balaban J connectivity index is 2.95. The average Bonchev–Trinajstić information content (AvgIpc) is 2.15. The number of rotatable bonds is 3. The number of pyridine rings is 1. The Morgan fingerprint density at radius 1 is 1.57 bits per heavy atom. The molecular weight excluding hydrogens is 240 g/mol. The fourth-order valence-electron chi connectivity index (χ4n) is 1.58. The van der Waals surface area contributed by atoms with Gasteiger partial charge in [-0.15, -0.1) is 0 Å². The molecule has 0 radical (unpaired) electrons. The number of aromatic nitrogens is 1. The van der Waals surface area contributed by atoms with Crippen LogP contribution in [0, 0.1) is 6.92 Å². The molecule has 2 unspecified atom stereocenters. The molecule has 0 fully saturated rings. The zero-order chi connectivity index (χ0) is 10.7. The van der Waals surface area contributed by atoms with Crippen LogP contribution in [-0.2, 0) is 0 Å². The van der Waals surface area contributed by atoms with E-state index < -0.39 is 0 Å². The van der Waals surface area contributed by atoms with Gasteiger partial charge in [-0.2, -0.15) is 0 Å². The van der Waals surface area contributed by atoms with Gasteiger partial charge in [0.2, 0.25) is 0 Å². The maximum Gasteiger partial charge on any atom is 0.0477 e. The Bertz CT molecular complexity index is 312. The Morgan fingerprint density at radius 3 is 2.71 bits per heavy atom. The fraction of sp³-hybridized carbons (Fsp3) is 0.545. The lowest BCUT2D eigenvalue weighted by Crippen LogP contribution is -2.26. The molecule has 1 rings (SSSR count). The summed E-state index contributed by atoms with van der Waals surface area (Å²) < 4.78 is 1.02. The van der Waals surface area contributed by atoms with Crippen LogP contribution < -0.4 is 5.73 Å². The third-order valence-corrected chi connectivity index (χ3v) is 3.06. The van der Waals surface area contributed by atoms with E-state index in [1.165, 1.54) is 5.56 Å². The standard InChI is InChI=1S/C11H17BrN2/c1-4-10(13)8(3)11-7(2)5-9(12)6-14-11/h5-6,8,10H,4,13H2,1-3H3. The maximum atomic E-state index is 6.00. The van der Waals surface area contributed by atoms with Gasteiger partial charge < -0.3 is 5.73 Å². The van der Waals surface area contributed by atoms with Gasteiger partial charge >= 0.3 is 0 Å². The monoisotopic (exact) mass is 256 g/mol. The molecule has 0 aliphatic heterocycles. The minimum atomic E-state index is 0.197. The molecular formula is C11H17BrN2. The summed E-state index contributed by atoms with van der Waals surface area (Å²) in [6.45, 7) is 6.32. The molecule has 0 saturated heterocycles. The lowest BCUT2D eigenvalue weighted by Gasteiger charge is -2.19. The van der Waals surface area contributed by atoms with E-state index in [0.29, 0.717) is 5.92 Å². The first kappa shape index (κ1) is 11.7. The summed E-state index contributed by atoms with van der Waals surface area (Å²) in [4.78, 5) is 4.42. The quantitative estimate of drug-likeness (QED) is 0.904. The van der Waals surface area contributed by atoms with Crippen LogP contribution in [0.4, 0.5) is 0 Å². The highest BCUT2D eigenvalue weighted by atomic mass is 79.9. The van der Waals surface area contributed by atoms with Gasteiger partial charge in [0, 0.05) is 28.3 Å². The number of halogens is 1. The second-order valence-corrected chi connectivity index (χ2v) is 4.63. The first-order chi connectivity index (χ1) is 6.56. The molecule has 78 valence electrons. The van der Waals surface area contributed by atoms with Crippen molar-refractivity contribution in [1.82, 2.24) is 4.98 Å². The van der Waals surface area contributed by atoms with Gasteiger partial charge in [0.05, 0.1) is 0 Å². The van der Waals surface area contributed by atoms with Crippen molar-refractivity contribution in [3.8, 4) is 0 Å². The summed E-state index contributed by atoms with van der Waals surface area (Å²) in [5.74, 6) is 0.327. The molecule has 2 atom stereocenters. The van der Waals surface area contributed by atoms with E-state index in [-0.39, 0.29) is 6.04 Å². The van der Waals surface area contributed by atoms with Crippen LogP contribution in [0.5, 0.6) is 0 Å². The van der Waals surface area contributed by atoms with Crippen molar-refractivity contribution >= 4 is 15.9 Å². The number of aryl methyl sites for hydroxylation is 1. The third kappa shape index (κ3) is 2.55. The predicted molar refractivity (Wildman–Crippen MR) is 63.4 cm³/mol. The van der Waals surface area contributed by atoms with E-state index in [4.69, 9.17) is 5.73 Å². The SMILES string of the molecule is CCC(N)C(C)c1ncc(Br)cc1C. The summed E-state index contributed by atoms with van der Waals surface area (Å²) in [6.07, 6.45) is 2.82. The Morgan fingerprint density at radius 2 is 2.21 bits per heavy atom. The van der Waals surface area contributed by atoms with E-state index in [2.05, 4.69) is 47.8 Å². The van der Waals surface area contributed by atoms with Crippen LogP contribution in [0.1, 0.15) is 37.4 Å². The molecule has 1 aromatic rings. The largest absolute Gasteiger partial charge is 0.327 e. The molecule has 1 aromatic heterocycles. The second-order valence-electron chi connectivity index (χ2n) is 3.72. The smallest absolute Gasteiger partial charge is 0.0477 e. The average molecular weight is 257 g/mol. The van der Waals surface area contributed by atoms with Crippen molar-refractivity contribution in [2.45, 2.75) is 39.2 Å². The van der Waals surface area contributed by atoms with E-state index in [1.54, 1.807) is 0 Å². The molecule has 2 N–H and O–H groups in total. The fourth-order valence-corrected chi connectivity index (χ4v) is 2.03. The van der Waals surface area contributed by atoms with Crippen molar-refractivity contribution in [1.29, 1.82) is 0 Å². The summed E-state index contributed by atoms with van der Waals surface area (Å²) in [6, 6.07) is 2.28. The van der Waals surface area contributed by atoms with E-state index in [0.717, 1.165) is 16.6 Å². The number of nitrogens with zero attached hydrogens (tertiary/aromatic N) is 1. The maximum absolute atomic E-state index is 6.00. The molecule has 14 heavy (non-hydrogen) atoms. The van der Waals surface area contributed by atoms with Crippen LogP contribution in [0.2, 0.25) is 0 Å². The van der Waals surface area contributed by atoms with Crippen molar-refractivity contribution in [3.63, 3.8) is 0 Å². The van der Waals surface area contributed by atoms with Gasteiger partial charge in [-0.3, -0.25) is 4.98 Å². The number of nitrogens with two attached hydrogens (primary N) is 1. The normalized spacial score (nSPS) is 15.2. The van der Waals surface area contributed by atoms with Crippen LogP contribution in [0.15, 0.2) is 16.7 Å². The summed E-state index contributed by atoms with van der Waals surface area (Å²) in [5, 5.41) is 0. The van der Waals surface area contributed by atoms with Crippen LogP contribution >= 0.6 is 15.9 Å². The summed E-state index contributed by atoms with van der Waals surface area (Å²) in [5.41, 5.74) is 8.32. The highest BCUT2D eigenvalue weighted by molar-refractivity contribution is 9.10. The Hall–Kier alpha value is -0.410. The van der Waals surface area contributed by atoms with Gasteiger partial charge in [0.25, 0.3) is 0 Å².